The number of carbonyl (C=O) groups excluding carboxylic acids is 3. The van der Waals surface area contributed by atoms with Crippen LogP contribution in [0, 0.1) is 18.7 Å². The first kappa shape index (κ1) is 20.4. The van der Waals surface area contributed by atoms with Crippen LogP contribution in [0.3, 0.4) is 0 Å². The van der Waals surface area contributed by atoms with Gasteiger partial charge in [-0.1, -0.05) is 20.3 Å². The van der Waals surface area contributed by atoms with Crippen LogP contribution in [0.2, 0.25) is 0 Å². The number of rotatable bonds is 7. The Hall–Kier alpha value is -2.90. The third-order valence-corrected chi connectivity index (χ3v) is 4.40. The maximum atomic E-state index is 13.3. The molecule has 0 radical (unpaired) electrons. The number of aryl methyl sites for hydroxylation is 1. The number of carbonyl (C=O) groups is 3. The lowest BCUT2D eigenvalue weighted by atomic mass is 9.99. The van der Waals surface area contributed by atoms with Gasteiger partial charge in [-0.25, -0.2) is 14.0 Å². The Balaban J connectivity index is 2.03. The first-order valence-corrected chi connectivity index (χ1v) is 8.51. The van der Waals surface area contributed by atoms with Gasteiger partial charge in [0.25, 0.3) is 5.91 Å². The van der Waals surface area contributed by atoms with Crippen LogP contribution in [0.1, 0.15) is 36.4 Å². The summed E-state index contributed by atoms with van der Waals surface area (Å²) in [6, 6.07) is 3.05. The van der Waals surface area contributed by atoms with Crippen molar-refractivity contribution in [3.8, 4) is 0 Å². The number of fused-ring (bicyclic) bond motifs is 1. The molecule has 2 aromatic rings. The Morgan fingerprint density at radius 3 is 2.63 bits per heavy atom. The van der Waals surface area contributed by atoms with Crippen molar-refractivity contribution < 1.29 is 32.7 Å². The standard InChI is InChI=1S/C19H22FNO6/c1-5-10(2)16(18(23)25-4)21-15(22)9-26-19(24)17-11(3)13-8-12(20)6-7-14(13)27-17/h6-8,10,16H,5,9H2,1-4H3,(H,21,22)/t10-,16-/m0/s1. The van der Waals surface area contributed by atoms with Gasteiger partial charge in [-0.15, -0.1) is 0 Å². The van der Waals surface area contributed by atoms with Crippen molar-refractivity contribution in [2.45, 2.75) is 33.2 Å². The molecule has 0 aliphatic heterocycles. The average Bonchev–Trinajstić information content (AvgIpc) is 2.99. The smallest absolute Gasteiger partial charge is 0.375 e. The molecule has 0 unspecified atom stereocenters. The third-order valence-electron chi connectivity index (χ3n) is 4.40. The molecule has 1 aromatic carbocycles. The highest BCUT2D eigenvalue weighted by Crippen LogP contribution is 2.26. The molecule has 0 aliphatic rings. The lowest BCUT2D eigenvalue weighted by molar-refractivity contribution is -0.147. The molecule has 8 heteroatoms. The normalized spacial score (nSPS) is 13.1. The molecule has 1 amide bonds. The van der Waals surface area contributed by atoms with Crippen LogP contribution in [-0.4, -0.2) is 37.6 Å². The Bertz CT molecular complexity index is 859. The number of esters is 2. The molecule has 0 bridgehead atoms. The molecule has 0 aliphatic carbocycles. The molecule has 2 rings (SSSR count). The van der Waals surface area contributed by atoms with Crippen molar-refractivity contribution in [1.29, 1.82) is 0 Å². The molecule has 0 spiro atoms. The molecule has 0 saturated carbocycles. The van der Waals surface area contributed by atoms with E-state index >= 15 is 0 Å². The average molecular weight is 379 g/mol. The second-order valence-electron chi connectivity index (χ2n) is 6.23. The molecule has 0 fully saturated rings. The van der Waals surface area contributed by atoms with E-state index in [0.717, 1.165) is 0 Å². The van der Waals surface area contributed by atoms with Gasteiger partial charge < -0.3 is 19.2 Å². The Morgan fingerprint density at radius 1 is 1.30 bits per heavy atom. The zero-order valence-corrected chi connectivity index (χ0v) is 15.6. The number of amides is 1. The van der Waals surface area contributed by atoms with E-state index in [4.69, 9.17) is 9.15 Å². The summed E-state index contributed by atoms with van der Waals surface area (Å²) >= 11 is 0. The molecule has 7 nitrogen and oxygen atoms in total. The van der Waals surface area contributed by atoms with E-state index in [9.17, 15) is 18.8 Å². The van der Waals surface area contributed by atoms with Gasteiger partial charge >= 0.3 is 11.9 Å². The molecule has 1 heterocycles. The summed E-state index contributed by atoms with van der Waals surface area (Å²) in [6.07, 6.45) is 0.647. The zero-order valence-electron chi connectivity index (χ0n) is 15.6. The largest absolute Gasteiger partial charge is 0.467 e. The quantitative estimate of drug-likeness (QED) is 0.744. The van der Waals surface area contributed by atoms with Crippen molar-refractivity contribution in [2.75, 3.05) is 13.7 Å². The highest BCUT2D eigenvalue weighted by molar-refractivity contribution is 5.97. The van der Waals surface area contributed by atoms with Gasteiger partial charge in [0, 0.05) is 10.9 Å². The summed E-state index contributed by atoms with van der Waals surface area (Å²) in [5.41, 5.74) is 0.759. The second kappa shape index (κ2) is 8.66. The molecule has 2 atom stereocenters. The van der Waals surface area contributed by atoms with E-state index in [-0.39, 0.29) is 11.7 Å². The van der Waals surface area contributed by atoms with E-state index in [2.05, 4.69) is 10.1 Å². The van der Waals surface area contributed by atoms with Gasteiger partial charge in [-0.05, 0) is 31.0 Å². The Labute approximate surface area is 155 Å². The maximum Gasteiger partial charge on any atom is 0.375 e. The monoisotopic (exact) mass is 379 g/mol. The van der Waals surface area contributed by atoms with E-state index in [0.29, 0.717) is 23.0 Å². The highest BCUT2D eigenvalue weighted by Gasteiger charge is 2.27. The van der Waals surface area contributed by atoms with Crippen molar-refractivity contribution >= 4 is 28.8 Å². The maximum absolute atomic E-state index is 13.3. The zero-order chi connectivity index (χ0) is 20.1. The topological polar surface area (TPSA) is 94.8 Å². The summed E-state index contributed by atoms with van der Waals surface area (Å²) in [6.45, 7) is 4.68. The minimum atomic E-state index is -0.850. The summed E-state index contributed by atoms with van der Waals surface area (Å²) in [5.74, 6) is -2.76. The first-order valence-electron chi connectivity index (χ1n) is 8.51. The van der Waals surface area contributed by atoms with Gasteiger partial charge in [0.05, 0.1) is 7.11 Å². The van der Waals surface area contributed by atoms with Crippen LogP contribution in [0.15, 0.2) is 22.6 Å². The fraction of sp³-hybridized carbons (Fsp3) is 0.421. The van der Waals surface area contributed by atoms with Crippen LogP contribution in [0.25, 0.3) is 11.0 Å². The van der Waals surface area contributed by atoms with Gasteiger partial charge in [0.2, 0.25) is 5.76 Å². The van der Waals surface area contributed by atoms with Crippen molar-refractivity contribution in [2.24, 2.45) is 5.92 Å². The van der Waals surface area contributed by atoms with Gasteiger partial charge in [-0.2, -0.15) is 0 Å². The molecule has 0 saturated heterocycles. The first-order chi connectivity index (χ1) is 12.8. The minimum absolute atomic E-state index is 0.102. The number of hydrogen-bond acceptors (Lipinski definition) is 6. The van der Waals surface area contributed by atoms with Gasteiger partial charge in [0.1, 0.15) is 17.4 Å². The van der Waals surface area contributed by atoms with Crippen LogP contribution in [-0.2, 0) is 19.1 Å². The van der Waals surface area contributed by atoms with Crippen LogP contribution in [0.5, 0.6) is 0 Å². The van der Waals surface area contributed by atoms with Crippen molar-refractivity contribution in [3.05, 3.63) is 35.3 Å². The lowest BCUT2D eigenvalue weighted by Gasteiger charge is -2.21. The predicted molar refractivity (Wildman–Crippen MR) is 94.6 cm³/mol. The van der Waals surface area contributed by atoms with Crippen LogP contribution in [0.4, 0.5) is 4.39 Å². The van der Waals surface area contributed by atoms with E-state index in [1.165, 1.54) is 25.3 Å². The lowest BCUT2D eigenvalue weighted by Crippen LogP contribution is -2.47. The summed E-state index contributed by atoms with van der Waals surface area (Å²) in [4.78, 5) is 36.1. The number of hydrogen-bond donors (Lipinski definition) is 1. The number of nitrogens with one attached hydrogen (secondary N) is 1. The SMILES string of the molecule is CC[C@H](C)[C@H](NC(=O)COC(=O)c1oc2ccc(F)cc2c1C)C(=O)OC. The summed E-state index contributed by atoms with van der Waals surface area (Å²) in [5, 5.41) is 2.96. The molecule has 146 valence electrons. The second-order valence-corrected chi connectivity index (χ2v) is 6.23. The van der Waals surface area contributed by atoms with Crippen molar-refractivity contribution in [3.63, 3.8) is 0 Å². The van der Waals surface area contributed by atoms with E-state index in [1.807, 2.05) is 6.92 Å². The van der Waals surface area contributed by atoms with E-state index in [1.54, 1.807) is 13.8 Å². The number of benzene rings is 1. The highest BCUT2D eigenvalue weighted by atomic mass is 19.1. The molecule has 1 aromatic heterocycles. The summed E-state index contributed by atoms with van der Waals surface area (Å²) in [7, 11) is 1.23. The number of ether oxygens (including phenoxy) is 2. The number of halogens is 1. The molecule has 1 N–H and O–H groups in total. The predicted octanol–water partition coefficient (Wildman–Crippen LogP) is 2.74. The van der Waals surface area contributed by atoms with E-state index < -0.39 is 36.3 Å². The molecular formula is C19H22FNO6. The fourth-order valence-electron chi connectivity index (χ4n) is 2.60. The Morgan fingerprint density at radius 2 is 2.00 bits per heavy atom. The molecule has 27 heavy (non-hydrogen) atoms. The van der Waals surface area contributed by atoms with Crippen LogP contribution < -0.4 is 5.32 Å². The number of methoxy groups -OCH3 is 1. The minimum Gasteiger partial charge on any atom is -0.467 e. The number of furan rings is 1. The third kappa shape index (κ3) is 4.64. The van der Waals surface area contributed by atoms with Gasteiger partial charge in [-0.3, -0.25) is 4.79 Å². The summed E-state index contributed by atoms with van der Waals surface area (Å²) < 4.78 is 28.4. The van der Waals surface area contributed by atoms with Crippen molar-refractivity contribution in [1.82, 2.24) is 5.32 Å². The van der Waals surface area contributed by atoms with Gasteiger partial charge in [0.15, 0.2) is 6.61 Å². The molecular weight excluding hydrogens is 357 g/mol. The fourth-order valence-corrected chi connectivity index (χ4v) is 2.60. The van der Waals surface area contributed by atoms with Crippen LogP contribution >= 0.6 is 0 Å². The Kier molecular flexibility index (Phi) is 6.55.